The Morgan fingerprint density at radius 3 is 2.94 bits per heavy atom. The van der Waals surface area contributed by atoms with Crippen molar-refractivity contribution in [2.45, 2.75) is 13.0 Å². The van der Waals surface area contributed by atoms with Gasteiger partial charge in [0.25, 0.3) is 0 Å². The second kappa shape index (κ2) is 7.00. The van der Waals surface area contributed by atoms with E-state index in [2.05, 4.69) is 22.5 Å². The highest BCUT2D eigenvalue weighted by atomic mass is 35.5. The maximum Gasteiger partial charge on any atom is 0.0635 e. The van der Waals surface area contributed by atoms with Crippen LogP contribution in [-0.4, -0.2) is 23.0 Å². The summed E-state index contributed by atoms with van der Waals surface area (Å²) in [6, 6.07) is 7.90. The van der Waals surface area contributed by atoms with Gasteiger partial charge >= 0.3 is 0 Å². The molecule has 0 aliphatic heterocycles. The Balaban J connectivity index is 2.56. The van der Waals surface area contributed by atoms with Crippen molar-refractivity contribution in [1.29, 1.82) is 5.26 Å². The number of pyridine rings is 1. The van der Waals surface area contributed by atoms with Crippen molar-refractivity contribution in [1.82, 2.24) is 9.88 Å². The number of nitriles is 1. The summed E-state index contributed by atoms with van der Waals surface area (Å²) in [7, 11) is 0. The van der Waals surface area contributed by atoms with Gasteiger partial charge in [-0.15, -0.1) is 0 Å². The highest BCUT2D eigenvalue weighted by molar-refractivity contribution is 6.29. The fraction of sp³-hybridized carbons (Fsp3) is 0.333. The van der Waals surface area contributed by atoms with Gasteiger partial charge in [-0.25, -0.2) is 0 Å². The average molecular weight is 236 g/mol. The van der Waals surface area contributed by atoms with Gasteiger partial charge in [0.2, 0.25) is 0 Å². The molecule has 3 nitrogen and oxygen atoms in total. The van der Waals surface area contributed by atoms with Crippen LogP contribution < -0.4 is 0 Å². The standard InChI is InChI=1S/C12H14ClN3/c1-11(13)9-16(8-4-6-14)10-12-5-2-3-7-15-12/h2-3,5,7H,1,4,8-10H2. The summed E-state index contributed by atoms with van der Waals surface area (Å²) >= 11 is 5.78. The molecular weight excluding hydrogens is 222 g/mol. The first-order valence-electron chi connectivity index (χ1n) is 5.05. The Hall–Kier alpha value is -1.37. The molecule has 0 radical (unpaired) electrons. The van der Waals surface area contributed by atoms with Crippen LogP contribution in [0.25, 0.3) is 0 Å². The van der Waals surface area contributed by atoms with Gasteiger partial charge in [-0.2, -0.15) is 5.26 Å². The lowest BCUT2D eigenvalue weighted by Crippen LogP contribution is -2.26. The predicted molar refractivity (Wildman–Crippen MR) is 64.7 cm³/mol. The van der Waals surface area contributed by atoms with Crippen LogP contribution in [0.5, 0.6) is 0 Å². The van der Waals surface area contributed by atoms with Gasteiger partial charge in [-0.1, -0.05) is 24.2 Å². The maximum atomic E-state index is 8.57. The monoisotopic (exact) mass is 235 g/mol. The van der Waals surface area contributed by atoms with E-state index in [1.54, 1.807) is 6.20 Å². The molecule has 0 aliphatic carbocycles. The molecule has 0 fully saturated rings. The third-order valence-electron chi connectivity index (χ3n) is 2.05. The van der Waals surface area contributed by atoms with Gasteiger partial charge in [0.05, 0.1) is 11.8 Å². The van der Waals surface area contributed by atoms with Gasteiger partial charge in [0.1, 0.15) is 0 Å². The molecule has 0 atom stereocenters. The van der Waals surface area contributed by atoms with Gasteiger partial charge < -0.3 is 0 Å². The van der Waals surface area contributed by atoms with E-state index in [1.165, 1.54) is 0 Å². The van der Waals surface area contributed by atoms with Crippen LogP contribution in [0.1, 0.15) is 12.1 Å². The number of hydrogen-bond acceptors (Lipinski definition) is 3. The molecule has 0 aromatic carbocycles. The third kappa shape index (κ3) is 4.92. The quantitative estimate of drug-likeness (QED) is 0.761. The minimum atomic E-state index is 0.483. The molecule has 0 amide bonds. The largest absolute Gasteiger partial charge is 0.291 e. The van der Waals surface area contributed by atoms with Crippen molar-refractivity contribution in [2.75, 3.05) is 13.1 Å². The van der Waals surface area contributed by atoms with Crippen LogP contribution in [0.3, 0.4) is 0 Å². The first-order chi connectivity index (χ1) is 7.72. The SMILES string of the molecule is C=C(Cl)CN(CCC#N)Cc1ccccn1. The van der Waals surface area contributed by atoms with Crippen LogP contribution in [0.15, 0.2) is 36.0 Å². The van der Waals surface area contributed by atoms with Crippen LogP contribution >= 0.6 is 11.6 Å². The summed E-state index contributed by atoms with van der Waals surface area (Å²) < 4.78 is 0. The molecule has 0 unspecified atom stereocenters. The first kappa shape index (κ1) is 12.7. The van der Waals surface area contributed by atoms with Crippen LogP contribution in [0, 0.1) is 11.3 Å². The van der Waals surface area contributed by atoms with E-state index < -0.39 is 0 Å². The maximum absolute atomic E-state index is 8.57. The molecule has 0 N–H and O–H groups in total. The number of hydrogen-bond donors (Lipinski definition) is 0. The summed E-state index contributed by atoms with van der Waals surface area (Å²) in [5.41, 5.74) is 0.971. The van der Waals surface area contributed by atoms with Gasteiger partial charge in [-0.05, 0) is 12.1 Å². The smallest absolute Gasteiger partial charge is 0.0635 e. The highest BCUT2D eigenvalue weighted by Crippen LogP contribution is 2.07. The Bertz CT molecular complexity index is 370. The molecule has 1 aromatic heterocycles. The summed E-state index contributed by atoms with van der Waals surface area (Å²) in [5, 5.41) is 9.15. The summed E-state index contributed by atoms with van der Waals surface area (Å²) in [6.45, 7) is 5.62. The van der Waals surface area contributed by atoms with E-state index in [0.29, 0.717) is 31.1 Å². The zero-order valence-electron chi connectivity index (χ0n) is 9.06. The van der Waals surface area contributed by atoms with Crippen molar-refractivity contribution < 1.29 is 0 Å². The fourth-order valence-electron chi connectivity index (χ4n) is 1.39. The lowest BCUT2D eigenvalue weighted by Gasteiger charge is -2.19. The normalized spacial score (nSPS) is 10.1. The van der Waals surface area contributed by atoms with Crippen LogP contribution in [0.4, 0.5) is 0 Å². The Labute approximate surface area is 101 Å². The molecule has 16 heavy (non-hydrogen) atoms. The molecule has 0 aliphatic rings. The van der Waals surface area contributed by atoms with Gasteiger partial charge in [0, 0.05) is 37.3 Å². The zero-order chi connectivity index (χ0) is 11.8. The molecule has 1 aromatic rings. The molecule has 84 valence electrons. The van der Waals surface area contributed by atoms with E-state index in [1.807, 2.05) is 18.2 Å². The molecule has 0 saturated carbocycles. The van der Waals surface area contributed by atoms with Crippen LogP contribution in [0.2, 0.25) is 0 Å². The molecule has 4 heteroatoms. The second-order valence-electron chi connectivity index (χ2n) is 3.46. The summed E-state index contributed by atoms with van der Waals surface area (Å²) in [4.78, 5) is 6.29. The number of halogens is 1. The minimum Gasteiger partial charge on any atom is -0.291 e. The topological polar surface area (TPSA) is 39.9 Å². The van der Waals surface area contributed by atoms with E-state index >= 15 is 0 Å². The lowest BCUT2D eigenvalue weighted by molar-refractivity contribution is 0.296. The van der Waals surface area contributed by atoms with E-state index in [9.17, 15) is 0 Å². The molecule has 0 bridgehead atoms. The molecule has 0 saturated heterocycles. The Morgan fingerprint density at radius 1 is 1.56 bits per heavy atom. The predicted octanol–water partition coefficient (Wildman–Crippen LogP) is 2.55. The van der Waals surface area contributed by atoms with Gasteiger partial charge in [-0.3, -0.25) is 9.88 Å². The first-order valence-corrected chi connectivity index (χ1v) is 5.42. The molecule has 0 spiro atoms. The minimum absolute atomic E-state index is 0.483. The van der Waals surface area contributed by atoms with E-state index in [-0.39, 0.29) is 0 Å². The highest BCUT2D eigenvalue weighted by Gasteiger charge is 2.07. The van der Waals surface area contributed by atoms with Crippen molar-refractivity contribution in [3.8, 4) is 6.07 Å². The zero-order valence-corrected chi connectivity index (χ0v) is 9.82. The summed E-state index contributed by atoms with van der Waals surface area (Å²) in [5.74, 6) is 0. The summed E-state index contributed by atoms with van der Waals surface area (Å²) in [6.07, 6.45) is 2.24. The van der Waals surface area contributed by atoms with Crippen molar-refractivity contribution >= 4 is 11.6 Å². The average Bonchev–Trinajstić information content (AvgIpc) is 2.26. The number of nitrogens with zero attached hydrogens (tertiary/aromatic N) is 3. The van der Waals surface area contributed by atoms with E-state index in [0.717, 1.165) is 5.69 Å². The number of rotatable bonds is 6. The van der Waals surface area contributed by atoms with Crippen molar-refractivity contribution in [3.63, 3.8) is 0 Å². The second-order valence-corrected chi connectivity index (χ2v) is 3.99. The molecule has 1 heterocycles. The Morgan fingerprint density at radius 2 is 2.38 bits per heavy atom. The van der Waals surface area contributed by atoms with E-state index in [4.69, 9.17) is 16.9 Å². The molecule has 1 rings (SSSR count). The lowest BCUT2D eigenvalue weighted by atomic mass is 10.3. The van der Waals surface area contributed by atoms with Crippen LogP contribution in [-0.2, 0) is 6.54 Å². The van der Waals surface area contributed by atoms with Crippen molar-refractivity contribution in [2.24, 2.45) is 0 Å². The van der Waals surface area contributed by atoms with Crippen molar-refractivity contribution in [3.05, 3.63) is 41.7 Å². The Kier molecular flexibility index (Phi) is 5.55. The van der Waals surface area contributed by atoms with Gasteiger partial charge in [0.15, 0.2) is 0 Å². The molecular formula is C12H14ClN3. The fourth-order valence-corrected chi connectivity index (χ4v) is 1.55. The third-order valence-corrected chi connectivity index (χ3v) is 2.17. The number of aromatic nitrogens is 1.